The van der Waals surface area contributed by atoms with Gasteiger partial charge in [0.15, 0.2) is 0 Å². The highest BCUT2D eigenvalue weighted by Crippen LogP contribution is 2.20. The second kappa shape index (κ2) is 6.91. The zero-order valence-corrected chi connectivity index (χ0v) is 12.6. The quantitative estimate of drug-likeness (QED) is 0.902. The van der Waals surface area contributed by atoms with E-state index in [1.54, 1.807) is 11.1 Å². The van der Waals surface area contributed by atoms with Crippen LogP contribution >= 0.6 is 0 Å². The van der Waals surface area contributed by atoms with Crippen molar-refractivity contribution in [1.29, 1.82) is 0 Å². The first-order valence-electron chi connectivity index (χ1n) is 7.52. The minimum atomic E-state index is -0.289. The first kappa shape index (κ1) is 15.0. The standard InChI is InChI=1S/C17H18N4O2/c22-16-10-14(12-21(16)15-7-2-1-3-8-15)20-17(23)19-11-13-6-4-5-9-18-13/h1-9,14H,10-12H2,(H2,19,20,23)/t14-/m1/s1. The number of para-hydroxylation sites is 1. The molecule has 1 fully saturated rings. The minimum absolute atomic E-state index is 0.0197. The van der Waals surface area contributed by atoms with E-state index in [0.29, 0.717) is 19.5 Å². The van der Waals surface area contributed by atoms with Gasteiger partial charge in [-0.3, -0.25) is 9.78 Å². The molecule has 1 aromatic carbocycles. The molecular formula is C17H18N4O2. The lowest BCUT2D eigenvalue weighted by Gasteiger charge is -2.17. The van der Waals surface area contributed by atoms with Crippen molar-refractivity contribution in [3.8, 4) is 0 Å². The van der Waals surface area contributed by atoms with Gasteiger partial charge in [0.05, 0.1) is 18.3 Å². The van der Waals surface area contributed by atoms with E-state index in [1.807, 2.05) is 48.5 Å². The summed E-state index contributed by atoms with van der Waals surface area (Å²) in [6.45, 7) is 0.843. The summed E-state index contributed by atoms with van der Waals surface area (Å²) in [5.74, 6) is 0.0197. The second-order valence-electron chi connectivity index (χ2n) is 5.39. The molecule has 0 saturated carbocycles. The van der Waals surface area contributed by atoms with Crippen molar-refractivity contribution in [3.63, 3.8) is 0 Å². The highest BCUT2D eigenvalue weighted by Gasteiger charge is 2.31. The van der Waals surface area contributed by atoms with E-state index in [0.717, 1.165) is 11.4 Å². The maximum atomic E-state index is 12.1. The third-order valence-electron chi connectivity index (χ3n) is 3.68. The van der Waals surface area contributed by atoms with Crippen molar-refractivity contribution >= 4 is 17.6 Å². The van der Waals surface area contributed by atoms with E-state index in [9.17, 15) is 9.59 Å². The van der Waals surface area contributed by atoms with Crippen LogP contribution in [-0.2, 0) is 11.3 Å². The van der Waals surface area contributed by atoms with Crippen LogP contribution in [0.1, 0.15) is 12.1 Å². The third kappa shape index (κ3) is 3.85. The van der Waals surface area contributed by atoms with Crippen molar-refractivity contribution < 1.29 is 9.59 Å². The number of rotatable bonds is 4. The number of benzene rings is 1. The van der Waals surface area contributed by atoms with Crippen LogP contribution in [0.15, 0.2) is 54.7 Å². The fourth-order valence-corrected chi connectivity index (χ4v) is 2.57. The highest BCUT2D eigenvalue weighted by atomic mass is 16.2. The molecule has 1 aromatic heterocycles. The molecule has 0 aliphatic carbocycles. The third-order valence-corrected chi connectivity index (χ3v) is 3.68. The molecule has 1 saturated heterocycles. The number of carbonyl (C=O) groups is 2. The molecule has 6 heteroatoms. The monoisotopic (exact) mass is 310 g/mol. The van der Waals surface area contributed by atoms with E-state index < -0.39 is 0 Å². The fraction of sp³-hybridized carbons (Fsp3) is 0.235. The lowest BCUT2D eigenvalue weighted by atomic mass is 10.2. The van der Waals surface area contributed by atoms with E-state index in [2.05, 4.69) is 15.6 Å². The van der Waals surface area contributed by atoms with Gasteiger partial charge in [0.1, 0.15) is 0 Å². The molecule has 0 spiro atoms. The number of hydrogen-bond acceptors (Lipinski definition) is 3. The molecule has 2 N–H and O–H groups in total. The van der Waals surface area contributed by atoms with Crippen molar-refractivity contribution in [2.24, 2.45) is 0 Å². The Morgan fingerprint density at radius 3 is 2.70 bits per heavy atom. The van der Waals surface area contributed by atoms with Gasteiger partial charge in [-0.2, -0.15) is 0 Å². The van der Waals surface area contributed by atoms with Crippen LogP contribution in [0.3, 0.4) is 0 Å². The molecule has 23 heavy (non-hydrogen) atoms. The van der Waals surface area contributed by atoms with Gasteiger partial charge in [0.2, 0.25) is 5.91 Å². The molecule has 118 valence electrons. The molecule has 2 aromatic rings. The Morgan fingerprint density at radius 2 is 1.96 bits per heavy atom. The molecule has 1 aliphatic rings. The van der Waals surface area contributed by atoms with Gasteiger partial charge in [0, 0.05) is 24.8 Å². The predicted molar refractivity (Wildman–Crippen MR) is 86.8 cm³/mol. The molecule has 1 atom stereocenters. The number of carbonyl (C=O) groups excluding carboxylic acids is 2. The number of anilines is 1. The zero-order valence-electron chi connectivity index (χ0n) is 12.6. The van der Waals surface area contributed by atoms with Crippen LogP contribution in [0.4, 0.5) is 10.5 Å². The summed E-state index contributed by atoms with van der Waals surface area (Å²) in [7, 11) is 0. The number of nitrogens with zero attached hydrogens (tertiary/aromatic N) is 2. The number of nitrogens with one attached hydrogen (secondary N) is 2. The van der Waals surface area contributed by atoms with Crippen LogP contribution in [-0.4, -0.2) is 29.5 Å². The van der Waals surface area contributed by atoms with E-state index in [4.69, 9.17) is 0 Å². The highest BCUT2D eigenvalue weighted by molar-refractivity contribution is 5.96. The summed E-state index contributed by atoms with van der Waals surface area (Å²) in [5, 5.41) is 5.59. The van der Waals surface area contributed by atoms with Crippen LogP contribution in [0.5, 0.6) is 0 Å². The van der Waals surface area contributed by atoms with E-state index in [1.165, 1.54) is 0 Å². The number of hydrogen-bond donors (Lipinski definition) is 2. The van der Waals surface area contributed by atoms with Gasteiger partial charge < -0.3 is 15.5 Å². The molecule has 3 amide bonds. The van der Waals surface area contributed by atoms with Crippen LogP contribution < -0.4 is 15.5 Å². The number of amides is 3. The minimum Gasteiger partial charge on any atom is -0.333 e. The lowest BCUT2D eigenvalue weighted by molar-refractivity contribution is -0.117. The number of urea groups is 1. The first-order valence-corrected chi connectivity index (χ1v) is 7.52. The Morgan fingerprint density at radius 1 is 1.17 bits per heavy atom. The van der Waals surface area contributed by atoms with Crippen molar-refractivity contribution in [3.05, 3.63) is 60.4 Å². The number of aromatic nitrogens is 1. The average molecular weight is 310 g/mol. The van der Waals surface area contributed by atoms with E-state index >= 15 is 0 Å². The molecule has 0 unspecified atom stereocenters. The largest absolute Gasteiger partial charge is 0.333 e. The first-order chi connectivity index (χ1) is 11.2. The summed E-state index contributed by atoms with van der Waals surface area (Å²) in [5.41, 5.74) is 1.65. The molecule has 6 nitrogen and oxygen atoms in total. The molecular weight excluding hydrogens is 292 g/mol. The second-order valence-corrected chi connectivity index (χ2v) is 5.39. The smallest absolute Gasteiger partial charge is 0.315 e. The van der Waals surface area contributed by atoms with Gasteiger partial charge in [-0.15, -0.1) is 0 Å². The van der Waals surface area contributed by atoms with Crippen molar-refractivity contribution in [2.75, 3.05) is 11.4 Å². The lowest BCUT2D eigenvalue weighted by Crippen LogP contribution is -2.43. The molecule has 0 bridgehead atoms. The topological polar surface area (TPSA) is 74.3 Å². The van der Waals surface area contributed by atoms with Gasteiger partial charge in [-0.1, -0.05) is 24.3 Å². The predicted octanol–water partition coefficient (Wildman–Crippen LogP) is 1.69. The van der Waals surface area contributed by atoms with Crippen molar-refractivity contribution in [2.45, 2.75) is 19.0 Å². The van der Waals surface area contributed by atoms with Gasteiger partial charge >= 0.3 is 6.03 Å². The Bertz CT molecular complexity index is 676. The fourth-order valence-electron chi connectivity index (χ4n) is 2.57. The van der Waals surface area contributed by atoms with E-state index in [-0.39, 0.29) is 18.0 Å². The Hall–Kier alpha value is -2.89. The van der Waals surface area contributed by atoms with Gasteiger partial charge in [0.25, 0.3) is 0 Å². The van der Waals surface area contributed by atoms with Crippen molar-refractivity contribution in [1.82, 2.24) is 15.6 Å². The SMILES string of the molecule is O=C(NCc1ccccn1)N[C@@H]1CC(=O)N(c2ccccc2)C1. The summed E-state index contributed by atoms with van der Waals surface area (Å²) in [6.07, 6.45) is 1.99. The molecule has 1 aliphatic heterocycles. The summed E-state index contributed by atoms with van der Waals surface area (Å²) < 4.78 is 0. The van der Waals surface area contributed by atoms with Crippen LogP contribution in [0, 0.1) is 0 Å². The normalized spacial score (nSPS) is 17.1. The molecule has 0 radical (unpaired) electrons. The van der Waals surface area contributed by atoms with Crippen LogP contribution in [0.25, 0.3) is 0 Å². The Kier molecular flexibility index (Phi) is 4.52. The van der Waals surface area contributed by atoms with Gasteiger partial charge in [-0.05, 0) is 24.3 Å². The summed E-state index contributed by atoms with van der Waals surface area (Å²) in [6, 6.07) is 14.5. The summed E-state index contributed by atoms with van der Waals surface area (Å²) >= 11 is 0. The summed E-state index contributed by atoms with van der Waals surface area (Å²) in [4.78, 5) is 29.9. The Balaban J connectivity index is 1.51. The average Bonchev–Trinajstić information content (AvgIpc) is 2.95. The zero-order chi connectivity index (χ0) is 16.1. The van der Waals surface area contributed by atoms with Gasteiger partial charge in [-0.25, -0.2) is 4.79 Å². The maximum Gasteiger partial charge on any atom is 0.315 e. The Labute approximate surface area is 134 Å². The molecule has 2 heterocycles. The maximum absolute atomic E-state index is 12.1. The number of pyridine rings is 1. The molecule has 3 rings (SSSR count). The van der Waals surface area contributed by atoms with Crippen LogP contribution in [0.2, 0.25) is 0 Å².